The second kappa shape index (κ2) is 6.51. The van der Waals surface area contributed by atoms with Crippen LogP contribution < -0.4 is 11.1 Å². The van der Waals surface area contributed by atoms with Crippen molar-refractivity contribution in [3.05, 3.63) is 0 Å². The third-order valence-electron chi connectivity index (χ3n) is 3.52. The molecule has 0 aromatic heterocycles. The van der Waals surface area contributed by atoms with Gasteiger partial charge in [0.2, 0.25) is 11.8 Å². The van der Waals surface area contributed by atoms with Gasteiger partial charge in [-0.25, -0.2) is 0 Å². The van der Waals surface area contributed by atoms with Crippen LogP contribution in [0, 0.1) is 5.92 Å². The van der Waals surface area contributed by atoms with E-state index in [1.165, 1.54) is 4.90 Å². The number of piperazine rings is 1. The number of carbonyl (C=O) groups is 3. The quantitative estimate of drug-likeness (QED) is 0.603. The van der Waals surface area contributed by atoms with Crippen LogP contribution in [0.25, 0.3) is 0 Å². The Balaban J connectivity index is 2.84. The molecule has 0 bridgehead atoms. The lowest BCUT2D eigenvalue weighted by molar-refractivity contribution is -0.149. The van der Waals surface area contributed by atoms with Crippen LogP contribution in [-0.4, -0.2) is 53.0 Å². The van der Waals surface area contributed by atoms with Gasteiger partial charge in [-0.05, 0) is 5.92 Å². The highest BCUT2D eigenvalue weighted by atomic mass is 16.4. The fourth-order valence-corrected chi connectivity index (χ4v) is 2.04. The number of carboxylic acid groups (broad SMARTS) is 1. The van der Waals surface area contributed by atoms with Crippen LogP contribution >= 0.6 is 0 Å². The molecule has 0 radical (unpaired) electrons. The maximum absolute atomic E-state index is 12.3. The first-order valence-electron chi connectivity index (χ1n) is 6.44. The van der Waals surface area contributed by atoms with E-state index in [-0.39, 0.29) is 11.8 Å². The fraction of sp³-hybridized carbons (Fsp3) is 0.750. The van der Waals surface area contributed by atoms with E-state index < -0.39 is 30.4 Å². The van der Waals surface area contributed by atoms with Crippen LogP contribution in [0.2, 0.25) is 0 Å². The van der Waals surface area contributed by atoms with Crippen molar-refractivity contribution in [1.29, 1.82) is 0 Å². The topological polar surface area (TPSA) is 113 Å². The fourth-order valence-electron chi connectivity index (χ4n) is 2.04. The van der Waals surface area contributed by atoms with Crippen LogP contribution in [-0.2, 0) is 14.4 Å². The van der Waals surface area contributed by atoms with E-state index in [9.17, 15) is 14.4 Å². The van der Waals surface area contributed by atoms with Crippen molar-refractivity contribution in [3.8, 4) is 0 Å². The predicted octanol–water partition coefficient (Wildman–Crippen LogP) is -0.838. The molecule has 7 heteroatoms. The van der Waals surface area contributed by atoms with E-state index in [0.29, 0.717) is 13.1 Å². The molecule has 3 atom stereocenters. The van der Waals surface area contributed by atoms with Gasteiger partial charge in [-0.3, -0.25) is 14.4 Å². The third-order valence-corrected chi connectivity index (χ3v) is 3.52. The van der Waals surface area contributed by atoms with Crippen LogP contribution in [0.5, 0.6) is 0 Å². The lowest BCUT2D eigenvalue weighted by Gasteiger charge is -2.36. The van der Waals surface area contributed by atoms with E-state index in [1.807, 2.05) is 13.8 Å². The highest BCUT2D eigenvalue weighted by molar-refractivity contribution is 5.93. The molecule has 108 valence electrons. The summed E-state index contributed by atoms with van der Waals surface area (Å²) in [5.41, 5.74) is 5.87. The van der Waals surface area contributed by atoms with Crippen molar-refractivity contribution in [2.24, 2.45) is 11.7 Å². The summed E-state index contributed by atoms with van der Waals surface area (Å²) >= 11 is 0. The number of amides is 2. The van der Waals surface area contributed by atoms with Gasteiger partial charge in [0.15, 0.2) is 0 Å². The first kappa shape index (κ1) is 15.4. The average molecular weight is 271 g/mol. The van der Waals surface area contributed by atoms with E-state index in [0.717, 1.165) is 6.42 Å². The number of nitrogens with two attached hydrogens (primary N) is 1. The summed E-state index contributed by atoms with van der Waals surface area (Å²) in [6.45, 7) is 4.41. The van der Waals surface area contributed by atoms with Crippen LogP contribution in [0.15, 0.2) is 0 Å². The highest BCUT2D eigenvalue weighted by Crippen LogP contribution is 2.14. The Kier molecular flexibility index (Phi) is 5.29. The maximum atomic E-state index is 12.3. The smallest absolute Gasteiger partial charge is 0.305 e. The summed E-state index contributed by atoms with van der Waals surface area (Å²) in [4.78, 5) is 36.0. The zero-order valence-corrected chi connectivity index (χ0v) is 11.3. The molecule has 0 aromatic rings. The number of aliphatic carboxylic acids is 1. The molecule has 0 spiro atoms. The lowest BCUT2D eigenvalue weighted by atomic mass is 9.97. The maximum Gasteiger partial charge on any atom is 0.305 e. The van der Waals surface area contributed by atoms with E-state index in [2.05, 4.69) is 5.32 Å². The van der Waals surface area contributed by atoms with Gasteiger partial charge in [-0.2, -0.15) is 0 Å². The van der Waals surface area contributed by atoms with Crippen molar-refractivity contribution in [2.75, 3.05) is 13.1 Å². The first-order chi connectivity index (χ1) is 8.88. The standard InChI is InChI=1S/C12H21N3O4/c1-3-7(2)10(13)12(19)15-5-4-14-11(18)8(15)6-9(16)17/h7-8,10H,3-6,13H2,1-2H3,(H,14,18)(H,16,17)/t7-,8?,10-/m0/s1. The second-order valence-corrected chi connectivity index (χ2v) is 4.85. The monoisotopic (exact) mass is 271 g/mol. The molecule has 0 aliphatic carbocycles. The van der Waals surface area contributed by atoms with Crippen molar-refractivity contribution in [2.45, 2.75) is 38.8 Å². The summed E-state index contributed by atoms with van der Waals surface area (Å²) < 4.78 is 0. The SMILES string of the molecule is CC[C@H](C)[C@H](N)C(=O)N1CCNC(=O)C1CC(=O)O. The molecule has 1 unspecified atom stereocenters. The highest BCUT2D eigenvalue weighted by Gasteiger charge is 2.37. The summed E-state index contributed by atoms with van der Waals surface area (Å²) in [6, 6.07) is -1.67. The number of carboxylic acids is 1. The molecule has 7 nitrogen and oxygen atoms in total. The van der Waals surface area contributed by atoms with Gasteiger partial charge < -0.3 is 21.1 Å². The summed E-state index contributed by atoms with van der Waals surface area (Å²) in [6.07, 6.45) is 0.349. The minimum atomic E-state index is -1.11. The minimum Gasteiger partial charge on any atom is -0.481 e. The Bertz CT molecular complexity index is 372. The second-order valence-electron chi connectivity index (χ2n) is 4.85. The molecule has 4 N–H and O–H groups in total. The molecule has 0 aromatic carbocycles. The zero-order chi connectivity index (χ0) is 14.6. The average Bonchev–Trinajstić information content (AvgIpc) is 2.38. The van der Waals surface area contributed by atoms with Gasteiger partial charge in [0.1, 0.15) is 6.04 Å². The summed E-state index contributed by atoms with van der Waals surface area (Å²) in [5.74, 6) is -1.91. The van der Waals surface area contributed by atoms with Crippen molar-refractivity contribution < 1.29 is 19.5 Å². The molecule has 1 aliphatic heterocycles. The molecule has 19 heavy (non-hydrogen) atoms. The Morgan fingerprint density at radius 3 is 2.74 bits per heavy atom. The van der Waals surface area contributed by atoms with E-state index >= 15 is 0 Å². The van der Waals surface area contributed by atoms with Crippen LogP contribution in [0.1, 0.15) is 26.7 Å². The van der Waals surface area contributed by atoms with Crippen LogP contribution in [0.3, 0.4) is 0 Å². The summed E-state index contributed by atoms with van der Waals surface area (Å²) in [5, 5.41) is 11.4. The van der Waals surface area contributed by atoms with Gasteiger partial charge in [-0.1, -0.05) is 20.3 Å². The third kappa shape index (κ3) is 3.66. The number of rotatable bonds is 5. The van der Waals surface area contributed by atoms with Gasteiger partial charge >= 0.3 is 5.97 Å². The Labute approximate surface area is 112 Å². The van der Waals surface area contributed by atoms with Gasteiger partial charge in [0, 0.05) is 13.1 Å². The van der Waals surface area contributed by atoms with Gasteiger partial charge in [-0.15, -0.1) is 0 Å². The largest absolute Gasteiger partial charge is 0.481 e. The Morgan fingerprint density at radius 2 is 2.21 bits per heavy atom. The van der Waals surface area contributed by atoms with E-state index in [1.54, 1.807) is 0 Å². The Morgan fingerprint density at radius 1 is 1.58 bits per heavy atom. The number of nitrogens with zero attached hydrogens (tertiary/aromatic N) is 1. The molecular weight excluding hydrogens is 250 g/mol. The van der Waals surface area contributed by atoms with Gasteiger partial charge in [0.05, 0.1) is 12.5 Å². The van der Waals surface area contributed by atoms with Crippen molar-refractivity contribution in [1.82, 2.24) is 10.2 Å². The Hall–Kier alpha value is -1.63. The first-order valence-corrected chi connectivity index (χ1v) is 6.44. The predicted molar refractivity (Wildman–Crippen MR) is 68.2 cm³/mol. The van der Waals surface area contributed by atoms with Crippen molar-refractivity contribution >= 4 is 17.8 Å². The molecular formula is C12H21N3O4. The number of nitrogens with one attached hydrogen (secondary N) is 1. The normalized spacial score (nSPS) is 22.6. The molecule has 1 fully saturated rings. The molecule has 0 saturated carbocycles. The molecule has 1 aliphatic rings. The number of hydrogen-bond acceptors (Lipinski definition) is 4. The van der Waals surface area contributed by atoms with Crippen molar-refractivity contribution in [3.63, 3.8) is 0 Å². The summed E-state index contributed by atoms with van der Waals surface area (Å²) in [7, 11) is 0. The molecule has 1 rings (SSSR count). The van der Waals surface area contributed by atoms with Gasteiger partial charge in [0.25, 0.3) is 0 Å². The number of carbonyl (C=O) groups excluding carboxylic acids is 2. The minimum absolute atomic E-state index is 0.0111. The molecule has 2 amide bonds. The number of hydrogen-bond donors (Lipinski definition) is 3. The van der Waals surface area contributed by atoms with Crippen LogP contribution in [0.4, 0.5) is 0 Å². The molecule has 1 saturated heterocycles. The molecule has 1 heterocycles. The van der Waals surface area contributed by atoms with E-state index in [4.69, 9.17) is 10.8 Å². The lowest BCUT2D eigenvalue weighted by Crippen LogP contribution is -2.61. The zero-order valence-electron chi connectivity index (χ0n) is 11.3.